The molecule has 2 heterocycles. The lowest BCUT2D eigenvalue weighted by atomic mass is 9.87. The molecule has 27 heavy (non-hydrogen) atoms. The standard InChI is InChI=1S/C19H20FNO5S/c20-10-2-1-3-11(6-10)25-8-13-12-4-5-16(26-17(12)7-15(13)22)18-21-14(9-27-18)19(23)24/h1-3,6,9,12-13,15-17,22H,4-5,7-8H2,(H,23,24)/t12-,13-,15-,16-,17+/m1/s1. The maximum atomic E-state index is 13.3. The molecule has 2 aliphatic rings. The molecule has 1 aliphatic carbocycles. The van der Waals surface area contributed by atoms with Crippen molar-refractivity contribution in [3.05, 3.63) is 46.2 Å². The summed E-state index contributed by atoms with van der Waals surface area (Å²) in [6.45, 7) is 0.306. The Balaban J connectivity index is 1.39. The molecule has 5 atom stereocenters. The van der Waals surface area contributed by atoms with Gasteiger partial charge in [-0.3, -0.25) is 0 Å². The third-order valence-corrected chi connectivity index (χ3v) is 6.29. The maximum Gasteiger partial charge on any atom is 0.355 e. The molecule has 4 rings (SSSR count). The molecule has 2 aromatic rings. The van der Waals surface area contributed by atoms with Crippen molar-refractivity contribution < 1.29 is 28.9 Å². The van der Waals surface area contributed by atoms with Crippen molar-refractivity contribution in [1.82, 2.24) is 4.98 Å². The Labute approximate surface area is 159 Å². The Bertz CT molecular complexity index is 828. The second-order valence-electron chi connectivity index (χ2n) is 7.02. The van der Waals surface area contributed by atoms with Gasteiger partial charge in [0.05, 0.1) is 18.8 Å². The first kappa shape index (κ1) is 18.3. The Morgan fingerprint density at radius 3 is 3.00 bits per heavy atom. The van der Waals surface area contributed by atoms with E-state index in [1.54, 1.807) is 12.1 Å². The molecule has 1 aromatic carbocycles. The predicted octanol–water partition coefficient (Wildman–Crippen LogP) is 3.28. The molecule has 1 saturated heterocycles. The van der Waals surface area contributed by atoms with E-state index >= 15 is 0 Å². The summed E-state index contributed by atoms with van der Waals surface area (Å²) in [4.78, 5) is 15.1. The van der Waals surface area contributed by atoms with Gasteiger partial charge in [-0.2, -0.15) is 0 Å². The molecule has 8 heteroatoms. The van der Waals surface area contributed by atoms with Gasteiger partial charge in [0.1, 0.15) is 22.7 Å². The number of hydrogen-bond donors (Lipinski definition) is 2. The van der Waals surface area contributed by atoms with Crippen LogP contribution >= 0.6 is 11.3 Å². The summed E-state index contributed by atoms with van der Waals surface area (Å²) in [6.07, 6.45) is 1.17. The molecule has 0 bridgehead atoms. The average Bonchev–Trinajstić information content (AvgIpc) is 3.24. The zero-order valence-electron chi connectivity index (χ0n) is 14.5. The quantitative estimate of drug-likeness (QED) is 0.811. The Morgan fingerprint density at radius 1 is 1.41 bits per heavy atom. The number of aliphatic hydroxyl groups excluding tert-OH is 1. The van der Waals surface area contributed by atoms with Crippen LogP contribution < -0.4 is 4.74 Å². The van der Waals surface area contributed by atoms with E-state index in [0.717, 1.165) is 12.8 Å². The van der Waals surface area contributed by atoms with Crippen molar-refractivity contribution >= 4 is 17.3 Å². The van der Waals surface area contributed by atoms with Crippen LogP contribution in [0, 0.1) is 17.7 Å². The number of fused-ring (bicyclic) bond motifs is 1. The first-order valence-electron chi connectivity index (χ1n) is 8.92. The molecule has 0 radical (unpaired) electrons. The minimum Gasteiger partial charge on any atom is -0.493 e. The van der Waals surface area contributed by atoms with Crippen molar-refractivity contribution in [2.45, 2.75) is 37.6 Å². The summed E-state index contributed by atoms with van der Waals surface area (Å²) in [7, 11) is 0. The van der Waals surface area contributed by atoms with E-state index in [4.69, 9.17) is 14.6 Å². The Hall–Kier alpha value is -2.03. The van der Waals surface area contributed by atoms with E-state index in [0.29, 0.717) is 23.8 Å². The smallest absolute Gasteiger partial charge is 0.355 e. The predicted molar refractivity (Wildman–Crippen MR) is 95.4 cm³/mol. The van der Waals surface area contributed by atoms with Crippen LogP contribution in [0.15, 0.2) is 29.6 Å². The Kier molecular flexibility index (Phi) is 5.12. The third kappa shape index (κ3) is 3.83. The summed E-state index contributed by atoms with van der Waals surface area (Å²) in [5.41, 5.74) is 0.0357. The van der Waals surface area contributed by atoms with E-state index in [1.807, 2.05) is 0 Å². The van der Waals surface area contributed by atoms with Gasteiger partial charge >= 0.3 is 5.97 Å². The van der Waals surface area contributed by atoms with Gasteiger partial charge in [0.2, 0.25) is 0 Å². The van der Waals surface area contributed by atoms with Gasteiger partial charge in [-0.25, -0.2) is 14.2 Å². The number of benzene rings is 1. The molecular formula is C19H20FNO5S. The topological polar surface area (TPSA) is 88.9 Å². The van der Waals surface area contributed by atoms with Crippen LogP contribution in [0.1, 0.15) is 40.9 Å². The highest BCUT2D eigenvalue weighted by molar-refractivity contribution is 7.09. The molecule has 0 amide bonds. The molecular weight excluding hydrogens is 373 g/mol. The average molecular weight is 393 g/mol. The summed E-state index contributed by atoms with van der Waals surface area (Å²) in [5.74, 6) is -0.875. The van der Waals surface area contributed by atoms with Crippen molar-refractivity contribution in [2.24, 2.45) is 11.8 Å². The number of carboxylic acids is 1. The minimum absolute atomic E-state index is 0.0357. The molecule has 2 fully saturated rings. The number of rotatable bonds is 5. The van der Waals surface area contributed by atoms with Crippen molar-refractivity contribution in [3.8, 4) is 5.75 Å². The first-order chi connectivity index (χ1) is 13.0. The number of nitrogens with zero attached hydrogens (tertiary/aromatic N) is 1. The van der Waals surface area contributed by atoms with Crippen molar-refractivity contribution in [2.75, 3.05) is 6.61 Å². The fraction of sp³-hybridized carbons (Fsp3) is 0.474. The number of carbonyl (C=O) groups is 1. The van der Waals surface area contributed by atoms with Gasteiger partial charge in [0.25, 0.3) is 0 Å². The van der Waals surface area contributed by atoms with E-state index < -0.39 is 12.1 Å². The fourth-order valence-corrected chi connectivity index (χ4v) is 4.89. The van der Waals surface area contributed by atoms with Gasteiger partial charge in [-0.1, -0.05) is 6.07 Å². The molecule has 1 saturated carbocycles. The monoisotopic (exact) mass is 393 g/mol. The summed E-state index contributed by atoms with van der Waals surface area (Å²) >= 11 is 1.29. The van der Waals surface area contributed by atoms with Gasteiger partial charge in [0, 0.05) is 23.8 Å². The molecule has 1 aromatic heterocycles. The number of thiazole rings is 1. The van der Waals surface area contributed by atoms with Gasteiger partial charge in [-0.15, -0.1) is 11.3 Å². The van der Waals surface area contributed by atoms with Gasteiger partial charge < -0.3 is 19.7 Å². The second-order valence-corrected chi connectivity index (χ2v) is 7.91. The third-order valence-electron chi connectivity index (χ3n) is 5.35. The van der Waals surface area contributed by atoms with Crippen molar-refractivity contribution in [3.63, 3.8) is 0 Å². The lowest BCUT2D eigenvalue weighted by molar-refractivity contribution is -0.0812. The maximum absolute atomic E-state index is 13.3. The number of aromatic carboxylic acids is 1. The van der Waals surface area contributed by atoms with Crippen LogP contribution in [0.25, 0.3) is 0 Å². The minimum atomic E-state index is -1.04. The number of hydrogen-bond acceptors (Lipinski definition) is 6. The summed E-state index contributed by atoms with van der Waals surface area (Å²) < 4.78 is 25.1. The first-order valence-corrected chi connectivity index (χ1v) is 9.80. The van der Waals surface area contributed by atoms with Gasteiger partial charge in [-0.05, 0) is 30.9 Å². The highest BCUT2D eigenvalue weighted by atomic mass is 32.1. The lowest BCUT2D eigenvalue weighted by Crippen LogP contribution is -2.33. The Morgan fingerprint density at radius 2 is 2.26 bits per heavy atom. The summed E-state index contributed by atoms with van der Waals surface area (Å²) in [6, 6.07) is 5.97. The van der Waals surface area contributed by atoms with E-state index in [1.165, 1.54) is 28.8 Å². The lowest BCUT2D eigenvalue weighted by Gasteiger charge is -2.33. The summed E-state index contributed by atoms with van der Waals surface area (Å²) in [5, 5.41) is 21.7. The van der Waals surface area contributed by atoms with Gasteiger partial charge in [0.15, 0.2) is 5.69 Å². The number of aromatic nitrogens is 1. The van der Waals surface area contributed by atoms with Crippen LogP contribution in [-0.4, -0.2) is 40.0 Å². The van der Waals surface area contributed by atoms with Crippen LogP contribution in [0.4, 0.5) is 4.39 Å². The molecule has 0 unspecified atom stereocenters. The fourth-order valence-electron chi connectivity index (χ4n) is 4.03. The highest BCUT2D eigenvalue weighted by Gasteiger charge is 2.47. The molecule has 2 N–H and O–H groups in total. The number of ether oxygens (including phenoxy) is 2. The normalized spacial score (nSPS) is 30.1. The van der Waals surface area contributed by atoms with Crippen LogP contribution in [0.3, 0.4) is 0 Å². The van der Waals surface area contributed by atoms with Crippen molar-refractivity contribution in [1.29, 1.82) is 0 Å². The zero-order valence-corrected chi connectivity index (χ0v) is 15.3. The number of carboxylic acid groups (broad SMARTS) is 1. The zero-order chi connectivity index (χ0) is 19.0. The molecule has 0 spiro atoms. The van der Waals surface area contributed by atoms with E-state index in [2.05, 4.69) is 4.98 Å². The van der Waals surface area contributed by atoms with Crippen LogP contribution in [-0.2, 0) is 4.74 Å². The van der Waals surface area contributed by atoms with Crippen LogP contribution in [0.2, 0.25) is 0 Å². The van der Waals surface area contributed by atoms with E-state index in [9.17, 15) is 14.3 Å². The second kappa shape index (κ2) is 7.53. The van der Waals surface area contributed by atoms with Crippen LogP contribution in [0.5, 0.6) is 5.75 Å². The number of aliphatic hydroxyl groups is 1. The highest BCUT2D eigenvalue weighted by Crippen LogP contribution is 2.46. The SMILES string of the molecule is O=C(O)c1csc([C@H]2CC[C@@H]3[C@@H](COc4cccc(F)c4)[C@H](O)C[C@@H]3O2)n1. The number of halogens is 1. The molecule has 144 valence electrons. The largest absolute Gasteiger partial charge is 0.493 e. The van der Waals surface area contributed by atoms with E-state index in [-0.39, 0.29) is 35.6 Å². The molecule has 6 nitrogen and oxygen atoms in total. The molecule has 1 aliphatic heterocycles.